The molecule has 7 nitrogen and oxygen atoms in total. The molecule has 1 aliphatic rings. The van der Waals surface area contributed by atoms with Crippen LogP contribution in [0, 0.1) is 11.6 Å². The van der Waals surface area contributed by atoms with Crippen LogP contribution in [0.3, 0.4) is 0 Å². The average Bonchev–Trinajstić information content (AvgIpc) is 2.80. The molecule has 0 atom stereocenters. The van der Waals surface area contributed by atoms with Crippen LogP contribution in [-0.4, -0.2) is 29.9 Å². The normalized spacial score (nSPS) is 14.1. The zero-order valence-electron chi connectivity index (χ0n) is 18.7. The lowest BCUT2D eigenvalue weighted by molar-refractivity contribution is -0.133. The van der Waals surface area contributed by atoms with Crippen LogP contribution < -0.4 is 20.3 Å². The molecular formula is C25H20ClF2N3O4. The summed E-state index contributed by atoms with van der Waals surface area (Å²) in [5, 5.41) is 5.08. The lowest BCUT2D eigenvalue weighted by atomic mass is 10.0. The number of carbonyl (C=O) groups excluding carboxylic acids is 3. The Morgan fingerprint density at radius 3 is 2.34 bits per heavy atom. The van der Waals surface area contributed by atoms with E-state index in [1.165, 1.54) is 59.5 Å². The van der Waals surface area contributed by atoms with Gasteiger partial charge < -0.3 is 15.4 Å². The summed E-state index contributed by atoms with van der Waals surface area (Å²) < 4.78 is 32.3. The van der Waals surface area contributed by atoms with Gasteiger partial charge in [0.2, 0.25) is 5.91 Å². The van der Waals surface area contributed by atoms with E-state index in [4.69, 9.17) is 16.3 Å². The first-order chi connectivity index (χ1) is 16.5. The van der Waals surface area contributed by atoms with Gasteiger partial charge in [0.1, 0.15) is 23.9 Å². The zero-order chi connectivity index (χ0) is 25.3. The van der Waals surface area contributed by atoms with E-state index in [1.54, 1.807) is 13.8 Å². The van der Waals surface area contributed by atoms with Crippen molar-refractivity contribution in [2.24, 2.45) is 0 Å². The Balaban J connectivity index is 1.59. The first-order valence-electron chi connectivity index (χ1n) is 10.5. The van der Waals surface area contributed by atoms with Crippen molar-refractivity contribution in [3.63, 3.8) is 0 Å². The molecule has 0 radical (unpaired) electrons. The summed E-state index contributed by atoms with van der Waals surface area (Å²) in [4.78, 5) is 39.8. The minimum atomic E-state index is -1.25. The minimum Gasteiger partial charge on any atom is -0.476 e. The molecule has 0 saturated heterocycles. The summed E-state index contributed by atoms with van der Waals surface area (Å²) in [5.74, 6) is -2.30. The number of ether oxygens (including phenoxy) is 1. The second-order valence-corrected chi connectivity index (χ2v) is 8.73. The van der Waals surface area contributed by atoms with Gasteiger partial charge in [0.15, 0.2) is 5.60 Å². The van der Waals surface area contributed by atoms with Gasteiger partial charge in [-0.2, -0.15) is 0 Å². The molecule has 2 N–H and O–H groups in total. The zero-order valence-corrected chi connectivity index (χ0v) is 19.5. The Labute approximate surface area is 204 Å². The molecule has 0 spiro atoms. The Morgan fingerprint density at radius 2 is 1.66 bits per heavy atom. The number of hydrogen-bond acceptors (Lipinski definition) is 4. The van der Waals surface area contributed by atoms with E-state index < -0.39 is 35.0 Å². The maximum Gasteiger partial charge on any atom is 0.271 e. The largest absolute Gasteiger partial charge is 0.476 e. The average molecular weight is 500 g/mol. The van der Waals surface area contributed by atoms with E-state index in [0.717, 1.165) is 6.07 Å². The van der Waals surface area contributed by atoms with Crippen molar-refractivity contribution in [1.29, 1.82) is 0 Å². The number of benzene rings is 3. The van der Waals surface area contributed by atoms with Crippen molar-refractivity contribution in [2.75, 3.05) is 22.1 Å². The van der Waals surface area contributed by atoms with E-state index in [-0.39, 0.29) is 28.5 Å². The number of hydrogen-bond donors (Lipinski definition) is 2. The van der Waals surface area contributed by atoms with Crippen LogP contribution in [0.25, 0.3) is 0 Å². The number of fused-ring (bicyclic) bond motifs is 1. The van der Waals surface area contributed by atoms with Crippen LogP contribution in [-0.2, 0) is 9.59 Å². The van der Waals surface area contributed by atoms with Crippen molar-refractivity contribution in [1.82, 2.24) is 0 Å². The molecule has 4 rings (SSSR count). The Morgan fingerprint density at radius 1 is 0.971 bits per heavy atom. The smallest absolute Gasteiger partial charge is 0.271 e. The van der Waals surface area contributed by atoms with Crippen molar-refractivity contribution in [2.45, 2.75) is 19.4 Å². The number of carbonyl (C=O) groups is 3. The van der Waals surface area contributed by atoms with E-state index >= 15 is 0 Å². The molecule has 3 amide bonds. The highest BCUT2D eigenvalue weighted by atomic mass is 35.5. The van der Waals surface area contributed by atoms with Crippen LogP contribution in [0.15, 0.2) is 60.7 Å². The number of anilines is 3. The van der Waals surface area contributed by atoms with E-state index in [0.29, 0.717) is 11.4 Å². The summed E-state index contributed by atoms with van der Waals surface area (Å²) in [6.07, 6.45) is 0. The molecule has 3 aromatic rings. The topological polar surface area (TPSA) is 87.7 Å². The molecular weight excluding hydrogens is 480 g/mol. The quantitative estimate of drug-likeness (QED) is 0.516. The Bertz CT molecular complexity index is 1330. The molecule has 0 aromatic heterocycles. The molecule has 10 heteroatoms. The SMILES string of the molecule is CC1(C)Oc2ccc(C(=O)Nc3ccc(F)c(Cl)c3)cc2N(CC(=O)Nc2ccc(F)cc2)C1=O. The number of nitrogens with one attached hydrogen (secondary N) is 2. The summed E-state index contributed by atoms with van der Waals surface area (Å²) in [6, 6.07) is 13.4. The molecule has 35 heavy (non-hydrogen) atoms. The molecule has 1 heterocycles. The van der Waals surface area contributed by atoms with Crippen LogP contribution in [0.1, 0.15) is 24.2 Å². The molecule has 1 aliphatic heterocycles. The third-order valence-electron chi connectivity index (χ3n) is 5.24. The molecule has 0 unspecified atom stereocenters. The van der Waals surface area contributed by atoms with Gasteiger partial charge >= 0.3 is 0 Å². The lowest BCUT2D eigenvalue weighted by Gasteiger charge is -2.38. The van der Waals surface area contributed by atoms with Gasteiger partial charge in [0.05, 0.1) is 10.7 Å². The number of halogens is 3. The fourth-order valence-electron chi connectivity index (χ4n) is 3.52. The molecule has 0 saturated carbocycles. The first-order valence-corrected chi connectivity index (χ1v) is 10.9. The monoisotopic (exact) mass is 499 g/mol. The number of rotatable bonds is 5. The third-order valence-corrected chi connectivity index (χ3v) is 5.53. The van der Waals surface area contributed by atoms with Crippen molar-refractivity contribution < 1.29 is 27.9 Å². The maximum absolute atomic E-state index is 13.4. The fourth-order valence-corrected chi connectivity index (χ4v) is 3.70. The maximum atomic E-state index is 13.4. The standard InChI is InChI=1S/C25H20ClF2N3O4/c1-25(2)24(34)31(13-22(32)29-16-6-4-15(27)5-7-16)20-11-14(3-10-21(20)35-25)23(33)30-17-8-9-19(28)18(26)12-17/h3-12H,13H2,1-2H3,(H,29,32)(H,30,33). The van der Waals surface area contributed by atoms with Gasteiger partial charge in [-0.15, -0.1) is 0 Å². The number of nitrogens with zero attached hydrogens (tertiary/aromatic N) is 1. The van der Waals surface area contributed by atoms with Crippen LogP contribution in [0.4, 0.5) is 25.8 Å². The summed E-state index contributed by atoms with van der Waals surface area (Å²) in [6.45, 7) is 2.78. The predicted octanol–water partition coefficient (Wildman–Crippen LogP) is 5.01. The van der Waals surface area contributed by atoms with Crippen LogP contribution >= 0.6 is 11.6 Å². The minimum absolute atomic E-state index is 0.146. The summed E-state index contributed by atoms with van der Waals surface area (Å²) >= 11 is 5.77. The summed E-state index contributed by atoms with van der Waals surface area (Å²) in [7, 11) is 0. The highest BCUT2D eigenvalue weighted by molar-refractivity contribution is 6.31. The van der Waals surface area contributed by atoms with Gasteiger partial charge in [-0.3, -0.25) is 19.3 Å². The van der Waals surface area contributed by atoms with E-state index in [9.17, 15) is 23.2 Å². The van der Waals surface area contributed by atoms with Gasteiger partial charge in [-0.05, 0) is 74.5 Å². The third kappa shape index (κ3) is 5.25. The lowest BCUT2D eigenvalue weighted by Crippen LogP contribution is -2.54. The highest BCUT2D eigenvalue weighted by Gasteiger charge is 2.42. The number of amides is 3. The van der Waals surface area contributed by atoms with E-state index in [1.807, 2.05) is 0 Å². The van der Waals surface area contributed by atoms with Gasteiger partial charge in [-0.25, -0.2) is 8.78 Å². The van der Waals surface area contributed by atoms with Crippen molar-refractivity contribution in [3.8, 4) is 5.75 Å². The summed E-state index contributed by atoms with van der Waals surface area (Å²) in [5.41, 5.74) is -0.207. The van der Waals surface area contributed by atoms with Gasteiger partial charge in [-0.1, -0.05) is 11.6 Å². The van der Waals surface area contributed by atoms with Crippen LogP contribution in [0.2, 0.25) is 5.02 Å². The van der Waals surface area contributed by atoms with Gasteiger partial charge in [0, 0.05) is 16.9 Å². The van der Waals surface area contributed by atoms with Crippen molar-refractivity contribution >= 4 is 46.4 Å². The van der Waals surface area contributed by atoms with Crippen LogP contribution in [0.5, 0.6) is 5.75 Å². The molecule has 180 valence electrons. The highest BCUT2D eigenvalue weighted by Crippen LogP contribution is 2.38. The van der Waals surface area contributed by atoms with Gasteiger partial charge in [0.25, 0.3) is 11.8 Å². The molecule has 0 aliphatic carbocycles. The Hall–Kier alpha value is -3.98. The molecule has 3 aromatic carbocycles. The first kappa shape index (κ1) is 24.2. The van der Waals surface area contributed by atoms with Crippen molar-refractivity contribution in [3.05, 3.63) is 82.9 Å². The second-order valence-electron chi connectivity index (χ2n) is 8.32. The fraction of sp³-hybridized carbons (Fsp3) is 0.160. The predicted molar refractivity (Wildman–Crippen MR) is 128 cm³/mol. The molecule has 0 fully saturated rings. The molecule has 0 bridgehead atoms. The Kier molecular flexibility index (Phi) is 6.45. The second kappa shape index (κ2) is 9.34. The van der Waals surface area contributed by atoms with E-state index in [2.05, 4.69) is 10.6 Å².